The minimum Gasteiger partial charge on any atom is -0.448 e. The fourth-order valence-electron chi connectivity index (χ4n) is 3.78. The third-order valence-electron chi connectivity index (χ3n) is 5.73. The van der Waals surface area contributed by atoms with Crippen molar-refractivity contribution in [1.29, 1.82) is 5.41 Å². The van der Waals surface area contributed by atoms with Gasteiger partial charge in [-0.15, -0.1) is 0 Å². The van der Waals surface area contributed by atoms with Crippen LogP contribution in [0.15, 0.2) is 65.8 Å². The molecule has 2 aromatic carbocycles. The Morgan fingerprint density at radius 2 is 1.78 bits per heavy atom. The first kappa shape index (κ1) is 27.9. The van der Waals surface area contributed by atoms with Crippen LogP contribution in [0.1, 0.15) is 30.9 Å². The second-order valence-corrected chi connectivity index (χ2v) is 10.5. The molecule has 9 nitrogen and oxygen atoms in total. The van der Waals surface area contributed by atoms with E-state index in [-0.39, 0.29) is 13.2 Å². The number of nitrogens with zero attached hydrogens (tertiary/aromatic N) is 4. The Morgan fingerprint density at radius 1 is 1.17 bits per heavy atom. The molecular formula is C24H26Cl3N5O4. The fraction of sp³-hybridized carbons (Fsp3) is 0.417. The number of alkyl halides is 3. The lowest BCUT2D eigenvalue weighted by Crippen LogP contribution is -2.51. The van der Waals surface area contributed by atoms with Crippen LogP contribution < -0.4 is 0 Å². The molecule has 4 atom stereocenters. The van der Waals surface area contributed by atoms with Crippen LogP contribution in [0.4, 0.5) is 4.79 Å². The summed E-state index contributed by atoms with van der Waals surface area (Å²) in [4.78, 5) is 17.6. The molecule has 1 heterocycles. The van der Waals surface area contributed by atoms with Crippen molar-refractivity contribution in [2.75, 3.05) is 0 Å². The van der Waals surface area contributed by atoms with Crippen LogP contribution in [0.5, 0.6) is 0 Å². The highest BCUT2D eigenvalue weighted by Gasteiger charge is 2.41. The average molecular weight is 555 g/mol. The standard InChI is InChI=1S/C24H26Cl3N5O4/c1-16(20-13-12-19(30-31-29)21(35-20)36-22(28)24(25,26)27)32(14-17-8-4-2-5-9-17)23(33)34-15-18-10-6-3-7-11-18/h2-11,16,19-21,28H,12-15H2,1H3/t16-,19?,20-,21?/m0/s1. The van der Waals surface area contributed by atoms with E-state index in [1.807, 2.05) is 67.6 Å². The highest BCUT2D eigenvalue weighted by atomic mass is 35.6. The number of carbonyl (C=O) groups excluding carboxylic acids is 1. The first-order valence-corrected chi connectivity index (χ1v) is 12.4. The maximum atomic E-state index is 13.2. The molecule has 1 N–H and O–H groups in total. The van der Waals surface area contributed by atoms with E-state index in [2.05, 4.69) is 10.0 Å². The highest BCUT2D eigenvalue weighted by molar-refractivity contribution is 6.76. The SMILES string of the molecule is C[C@@H]([C@@H]1CCC(N=[N+]=[N-])C(OC(=N)C(Cl)(Cl)Cl)O1)N(Cc1ccccc1)C(=O)OCc1ccccc1. The molecule has 36 heavy (non-hydrogen) atoms. The summed E-state index contributed by atoms with van der Waals surface area (Å²) >= 11 is 17.2. The van der Waals surface area contributed by atoms with Gasteiger partial charge in [-0.3, -0.25) is 10.3 Å². The molecule has 2 aromatic rings. The van der Waals surface area contributed by atoms with Crippen molar-refractivity contribution < 1.29 is 19.0 Å². The lowest BCUT2D eigenvalue weighted by molar-refractivity contribution is -0.179. The van der Waals surface area contributed by atoms with Crippen LogP contribution in [0, 0.1) is 5.41 Å². The number of hydrogen-bond donors (Lipinski definition) is 1. The minimum atomic E-state index is -2.11. The van der Waals surface area contributed by atoms with Crippen LogP contribution in [0.3, 0.4) is 0 Å². The van der Waals surface area contributed by atoms with Crippen LogP contribution in [0.2, 0.25) is 0 Å². The van der Waals surface area contributed by atoms with Crippen molar-refractivity contribution in [2.24, 2.45) is 5.11 Å². The van der Waals surface area contributed by atoms with E-state index in [4.69, 9.17) is 60.0 Å². The van der Waals surface area contributed by atoms with Crippen LogP contribution in [-0.4, -0.2) is 45.2 Å². The molecule has 0 radical (unpaired) electrons. The Hall–Kier alpha value is -2.68. The van der Waals surface area contributed by atoms with Gasteiger partial charge >= 0.3 is 6.09 Å². The topological polar surface area (TPSA) is 121 Å². The first-order chi connectivity index (χ1) is 17.2. The maximum Gasteiger partial charge on any atom is 0.410 e. The summed E-state index contributed by atoms with van der Waals surface area (Å²) in [6.45, 7) is 2.24. The Morgan fingerprint density at radius 3 is 2.36 bits per heavy atom. The third kappa shape index (κ3) is 7.91. The van der Waals surface area contributed by atoms with E-state index in [0.29, 0.717) is 12.8 Å². The average Bonchev–Trinajstić information content (AvgIpc) is 2.87. The Bertz CT molecular complexity index is 1060. The Balaban J connectivity index is 1.78. The normalized spacial score (nSPS) is 20.5. The van der Waals surface area contributed by atoms with Gasteiger partial charge in [0.2, 0.25) is 12.2 Å². The summed E-state index contributed by atoms with van der Waals surface area (Å²) in [5, 5.41) is 11.6. The number of halogens is 3. The summed E-state index contributed by atoms with van der Waals surface area (Å²) < 4.78 is 15.0. The van der Waals surface area contributed by atoms with Crippen molar-refractivity contribution in [3.05, 3.63) is 82.2 Å². The molecule has 3 rings (SSSR count). The summed E-state index contributed by atoms with van der Waals surface area (Å²) in [6, 6.07) is 17.7. The van der Waals surface area contributed by atoms with Gasteiger partial charge in [0.25, 0.3) is 3.79 Å². The van der Waals surface area contributed by atoms with Gasteiger partial charge in [-0.2, -0.15) is 0 Å². The van der Waals surface area contributed by atoms with E-state index in [1.165, 1.54) is 0 Å². The lowest BCUT2D eigenvalue weighted by atomic mass is 9.98. The van der Waals surface area contributed by atoms with Crippen LogP contribution in [0.25, 0.3) is 10.4 Å². The second-order valence-electron chi connectivity index (χ2n) is 8.23. The quantitative estimate of drug-likeness (QED) is 0.0967. The van der Waals surface area contributed by atoms with Crippen molar-refractivity contribution in [3.63, 3.8) is 0 Å². The zero-order valence-electron chi connectivity index (χ0n) is 19.5. The number of ether oxygens (including phenoxy) is 3. The molecule has 12 heteroatoms. The first-order valence-electron chi connectivity index (χ1n) is 11.2. The monoisotopic (exact) mass is 553 g/mol. The number of benzene rings is 2. The highest BCUT2D eigenvalue weighted by Crippen LogP contribution is 2.32. The fourth-order valence-corrected chi connectivity index (χ4v) is 3.92. The van der Waals surface area contributed by atoms with Crippen LogP contribution in [-0.2, 0) is 27.4 Å². The zero-order chi connectivity index (χ0) is 26.1. The second kappa shape index (κ2) is 13.0. The van der Waals surface area contributed by atoms with Crippen molar-refractivity contribution in [3.8, 4) is 0 Å². The molecule has 1 amide bonds. The lowest BCUT2D eigenvalue weighted by Gasteiger charge is -2.40. The number of hydrogen-bond acceptors (Lipinski definition) is 6. The predicted molar refractivity (Wildman–Crippen MR) is 138 cm³/mol. The van der Waals surface area contributed by atoms with Gasteiger partial charge in [-0.25, -0.2) is 4.79 Å². The van der Waals surface area contributed by atoms with Gasteiger partial charge < -0.3 is 14.2 Å². The van der Waals surface area contributed by atoms with Crippen molar-refractivity contribution >= 4 is 46.8 Å². The number of nitrogens with one attached hydrogen (secondary N) is 1. The zero-order valence-corrected chi connectivity index (χ0v) is 21.7. The maximum absolute atomic E-state index is 13.2. The molecule has 1 fully saturated rings. The van der Waals surface area contributed by atoms with Crippen molar-refractivity contribution in [1.82, 2.24) is 4.90 Å². The summed E-state index contributed by atoms with van der Waals surface area (Å²) in [6.07, 6.45) is -1.36. The molecule has 0 spiro atoms. The number of azide groups is 1. The number of amides is 1. The molecule has 1 saturated heterocycles. The Kier molecular flexibility index (Phi) is 10.1. The van der Waals surface area contributed by atoms with E-state index >= 15 is 0 Å². The predicted octanol–water partition coefficient (Wildman–Crippen LogP) is 6.76. The van der Waals surface area contributed by atoms with E-state index in [0.717, 1.165) is 11.1 Å². The molecule has 192 valence electrons. The molecular weight excluding hydrogens is 529 g/mol. The molecule has 2 unspecified atom stereocenters. The smallest absolute Gasteiger partial charge is 0.410 e. The number of carbonyl (C=O) groups is 1. The van der Waals surface area contributed by atoms with Gasteiger partial charge in [0, 0.05) is 11.5 Å². The van der Waals surface area contributed by atoms with Gasteiger partial charge in [-0.1, -0.05) is 101 Å². The molecule has 1 aliphatic heterocycles. The molecule has 1 aliphatic rings. The van der Waals surface area contributed by atoms with E-state index in [1.54, 1.807) is 4.90 Å². The van der Waals surface area contributed by atoms with Crippen molar-refractivity contribution in [2.45, 2.75) is 61.2 Å². The van der Waals surface area contributed by atoms with Gasteiger partial charge in [-0.05, 0) is 36.4 Å². The third-order valence-corrected chi connectivity index (χ3v) is 6.24. The van der Waals surface area contributed by atoms with Crippen LogP contribution >= 0.6 is 34.8 Å². The Labute approximate surface area is 224 Å². The van der Waals surface area contributed by atoms with Gasteiger partial charge in [0.15, 0.2) is 0 Å². The number of rotatable bonds is 8. The van der Waals surface area contributed by atoms with Gasteiger partial charge in [0.1, 0.15) is 6.61 Å². The minimum absolute atomic E-state index is 0.119. The molecule has 0 saturated carbocycles. The van der Waals surface area contributed by atoms with E-state index in [9.17, 15) is 4.79 Å². The van der Waals surface area contributed by atoms with E-state index < -0.39 is 40.3 Å². The summed E-state index contributed by atoms with van der Waals surface area (Å²) in [5.41, 5.74) is 10.7. The van der Waals surface area contributed by atoms with Gasteiger partial charge in [0.05, 0.1) is 18.2 Å². The molecule has 0 bridgehead atoms. The summed E-state index contributed by atoms with van der Waals surface area (Å²) in [7, 11) is 0. The molecule has 0 aliphatic carbocycles. The summed E-state index contributed by atoms with van der Waals surface area (Å²) in [5.74, 6) is -0.660. The largest absolute Gasteiger partial charge is 0.448 e. The molecule has 0 aromatic heterocycles.